The van der Waals surface area contributed by atoms with E-state index in [2.05, 4.69) is 21.2 Å². The Morgan fingerprint density at radius 2 is 1.64 bits per heavy atom. The number of likely N-dealkylation sites (N-methyl/N-ethyl adjacent to an activating group) is 1. The fourth-order valence-electron chi connectivity index (χ4n) is 3.42. The summed E-state index contributed by atoms with van der Waals surface area (Å²) in [5, 5.41) is 3.30. The lowest BCUT2D eigenvalue weighted by atomic mass is 10.0. The highest BCUT2D eigenvalue weighted by Gasteiger charge is 2.30. The van der Waals surface area contributed by atoms with E-state index in [9.17, 15) is 9.59 Å². The van der Waals surface area contributed by atoms with Crippen LogP contribution in [0.5, 0.6) is 5.75 Å². The zero-order chi connectivity index (χ0) is 23.6. The van der Waals surface area contributed by atoms with Crippen molar-refractivity contribution in [2.24, 2.45) is 0 Å². The van der Waals surface area contributed by atoms with Crippen LogP contribution in [-0.4, -0.2) is 35.9 Å². The first kappa shape index (κ1) is 24.8. The molecule has 33 heavy (non-hydrogen) atoms. The van der Waals surface area contributed by atoms with Crippen LogP contribution in [0.25, 0.3) is 0 Å². The number of halogens is 2. The predicted molar refractivity (Wildman–Crippen MR) is 134 cm³/mol. The highest BCUT2D eigenvalue weighted by Crippen LogP contribution is 2.23. The highest BCUT2D eigenvalue weighted by molar-refractivity contribution is 9.10. The number of nitrogens with zero attached hydrogens (tertiary/aromatic N) is 1. The third-order valence-electron chi connectivity index (χ3n) is 5.08. The molecule has 0 saturated heterocycles. The van der Waals surface area contributed by atoms with Gasteiger partial charge >= 0.3 is 0 Å². The maximum absolute atomic E-state index is 13.4. The topological polar surface area (TPSA) is 58.6 Å². The minimum Gasteiger partial charge on any atom is -0.482 e. The van der Waals surface area contributed by atoms with Gasteiger partial charge in [-0.15, -0.1) is 0 Å². The molecule has 0 bridgehead atoms. The SMILES string of the molecule is CCNC(=O)[C@H](Cc1ccccc1)N(Cc1ccc(Br)cc1)C(=O)COc1ccccc1Cl. The van der Waals surface area contributed by atoms with E-state index in [0.29, 0.717) is 23.7 Å². The molecule has 2 amide bonds. The number of hydrogen-bond acceptors (Lipinski definition) is 3. The lowest BCUT2D eigenvalue weighted by Gasteiger charge is -2.31. The number of hydrogen-bond donors (Lipinski definition) is 1. The van der Waals surface area contributed by atoms with Crippen molar-refractivity contribution in [3.8, 4) is 5.75 Å². The minimum atomic E-state index is -0.696. The molecule has 0 heterocycles. The van der Waals surface area contributed by atoms with Gasteiger partial charge in [0.2, 0.25) is 5.91 Å². The highest BCUT2D eigenvalue weighted by atomic mass is 79.9. The molecule has 7 heteroatoms. The van der Waals surface area contributed by atoms with Crippen LogP contribution in [0.2, 0.25) is 5.02 Å². The summed E-state index contributed by atoms with van der Waals surface area (Å²) in [5.41, 5.74) is 1.88. The number of nitrogens with one attached hydrogen (secondary N) is 1. The van der Waals surface area contributed by atoms with E-state index < -0.39 is 6.04 Å². The van der Waals surface area contributed by atoms with Crippen molar-refractivity contribution in [3.05, 3.63) is 99.5 Å². The monoisotopic (exact) mass is 528 g/mol. The van der Waals surface area contributed by atoms with Crippen molar-refractivity contribution >= 4 is 39.3 Å². The van der Waals surface area contributed by atoms with Crippen LogP contribution >= 0.6 is 27.5 Å². The molecule has 0 aromatic heterocycles. The second-order valence-electron chi connectivity index (χ2n) is 7.47. The van der Waals surface area contributed by atoms with Crippen molar-refractivity contribution < 1.29 is 14.3 Å². The van der Waals surface area contributed by atoms with Crippen molar-refractivity contribution in [2.45, 2.75) is 25.9 Å². The quantitative estimate of drug-likeness (QED) is 0.390. The van der Waals surface area contributed by atoms with Gasteiger partial charge in [0.1, 0.15) is 11.8 Å². The number of amides is 2. The first-order valence-corrected chi connectivity index (χ1v) is 11.9. The number of carbonyl (C=O) groups is 2. The van der Waals surface area contributed by atoms with E-state index in [1.807, 2.05) is 61.5 Å². The standard InChI is InChI=1S/C26H26BrClN2O3/c1-2-29-26(32)23(16-19-8-4-3-5-9-19)30(17-20-12-14-21(27)15-13-20)25(31)18-33-24-11-7-6-10-22(24)28/h3-15,23H,2,16-18H2,1H3,(H,29,32)/t23-/m0/s1. The first-order valence-electron chi connectivity index (χ1n) is 10.7. The summed E-state index contributed by atoms with van der Waals surface area (Å²) in [7, 11) is 0. The van der Waals surface area contributed by atoms with Gasteiger partial charge in [0, 0.05) is 24.0 Å². The average molecular weight is 530 g/mol. The molecule has 0 saturated carbocycles. The van der Waals surface area contributed by atoms with E-state index >= 15 is 0 Å². The molecule has 0 aliphatic carbocycles. The van der Waals surface area contributed by atoms with Gasteiger partial charge in [0.05, 0.1) is 5.02 Å². The second-order valence-corrected chi connectivity index (χ2v) is 8.79. The summed E-state index contributed by atoms with van der Waals surface area (Å²) >= 11 is 9.61. The van der Waals surface area contributed by atoms with Gasteiger partial charge in [-0.05, 0) is 42.3 Å². The summed E-state index contributed by atoms with van der Waals surface area (Å²) in [6, 6.07) is 23.7. The Labute approximate surface area is 207 Å². The molecule has 0 spiro atoms. The zero-order valence-corrected chi connectivity index (χ0v) is 20.7. The van der Waals surface area contributed by atoms with Crippen molar-refractivity contribution in [1.29, 1.82) is 0 Å². The molecule has 5 nitrogen and oxygen atoms in total. The molecule has 0 fully saturated rings. The molecule has 1 N–H and O–H groups in total. The Balaban J connectivity index is 1.89. The molecule has 172 valence electrons. The fourth-order valence-corrected chi connectivity index (χ4v) is 3.87. The molecular formula is C26H26BrClN2O3. The number of benzene rings is 3. The van der Waals surface area contributed by atoms with E-state index in [0.717, 1.165) is 15.6 Å². The van der Waals surface area contributed by atoms with Gasteiger partial charge in [0.15, 0.2) is 6.61 Å². The van der Waals surface area contributed by atoms with Gasteiger partial charge in [-0.2, -0.15) is 0 Å². The maximum Gasteiger partial charge on any atom is 0.261 e. The molecule has 0 unspecified atom stereocenters. The predicted octanol–water partition coefficient (Wildman–Crippen LogP) is 5.26. The Hall–Kier alpha value is -2.83. The Bertz CT molecular complexity index is 1060. The van der Waals surface area contributed by atoms with E-state index in [1.165, 1.54) is 0 Å². The van der Waals surface area contributed by atoms with Crippen LogP contribution in [0.1, 0.15) is 18.1 Å². The third-order valence-corrected chi connectivity index (χ3v) is 5.92. The van der Waals surface area contributed by atoms with Gasteiger partial charge in [-0.3, -0.25) is 9.59 Å². The molecule has 1 atom stereocenters. The lowest BCUT2D eigenvalue weighted by molar-refractivity contribution is -0.142. The van der Waals surface area contributed by atoms with Crippen molar-refractivity contribution in [3.63, 3.8) is 0 Å². The van der Waals surface area contributed by atoms with E-state index in [4.69, 9.17) is 16.3 Å². The fraction of sp³-hybridized carbons (Fsp3) is 0.231. The number of para-hydroxylation sites is 1. The number of rotatable bonds is 10. The van der Waals surface area contributed by atoms with Crippen LogP contribution in [0.4, 0.5) is 0 Å². The van der Waals surface area contributed by atoms with Gasteiger partial charge in [0.25, 0.3) is 5.91 Å². The van der Waals surface area contributed by atoms with Gasteiger partial charge in [-0.25, -0.2) is 0 Å². The van der Waals surface area contributed by atoms with Crippen molar-refractivity contribution in [1.82, 2.24) is 10.2 Å². The van der Waals surface area contributed by atoms with Crippen molar-refractivity contribution in [2.75, 3.05) is 13.2 Å². The van der Waals surface area contributed by atoms with Crippen LogP contribution in [0.15, 0.2) is 83.3 Å². The average Bonchev–Trinajstić information content (AvgIpc) is 2.82. The molecule has 3 rings (SSSR count). The molecule has 3 aromatic carbocycles. The summed E-state index contributed by atoms with van der Waals surface area (Å²) in [4.78, 5) is 28.1. The van der Waals surface area contributed by atoms with Crippen LogP contribution in [0, 0.1) is 0 Å². The molecule has 0 radical (unpaired) electrons. The molecule has 0 aliphatic rings. The Kier molecular flexibility index (Phi) is 9.34. The van der Waals surface area contributed by atoms with Gasteiger partial charge < -0.3 is 15.0 Å². The number of ether oxygens (including phenoxy) is 1. The first-order chi connectivity index (χ1) is 16.0. The summed E-state index contributed by atoms with van der Waals surface area (Å²) < 4.78 is 6.65. The molecular weight excluding hydrogens is 504 g/mol. The normalized spacial score (nSPS) is 11.5. The zero-order valence-electron chi connectivity index (χ0n) is 18.3. The van der Waals surface area contributed by atoms with E-state index in [1.54, 1.807) is 29.2 Å². The van der Waals surface area contributed by atoms with Crippen LogP contribution in [-0.2, 0) is 22.6 Å². The van der Waals surface area contributed by atoms with Crippen LogP contribution < -0.4 is 10.1 Å². The second kappa shape index (κ2) is 12.4. The smallest absolute Gasteiger partial charge is 0.261 e. The Morgan fingerprint density at radius 1 is 0.970 bits per heavy atom. The minimum absolute atomic E-state index is 0.204. The Morgan fingerprint density at radius 3 is 2.30 bits per heavy atom. The van der Waals surface area contributed by atoms with Gasteiger partial charge in [-0.1, -0.05) is 82.1 Å². The summed E-state index contributed by atoms with van der Waals surface area (Å²) in [6.07, 6.45) is 0.390. The van der Waals surface area contributed by atoms with Crippen LogP contribution in [0.3, 0.4) is 0 Å². The molecule has 0 aliphatic heterocycles. The lowest BCUT2D eigenvalue weighted by Crippen LogP contribution is -2.51. The van der Waals surface area contributed by atoms with E-state index in [-0.39, 0.29) is 25.0 Å². The summed E-state index contributed by atoms with van der Waals surface area (Å²) in [6.45, 7) is 2.37. The molecule has 3 aromatic rings. The largest absolute Gasteiger partial charge is 0.482 e. The number of carbonyl (C=O) groups excluding carboxylic acids is 2. The maximum atomic E-state index is 13.4. The summed E-state index contributed by atoms with van der Waals surface area (Å²) in [5.74, 6) is -0.0803. The third kappa shape index (κ3) is 7.34.